The number of carbonyl (C=O) groups is 1. The van der Waals surface area contributed by atoms with Crippen LogP contribution in [0.5, 0.6) is 11.5 Å². The molecule has 0 radical (unpaired) electrons. The smallest absolute Gasteiger partial charge is 0.428 e. The van der Waals surface area contributed by atoms with E-state index in [1.165, 1.54) is 36.5 Å². The second-order valence-electron chi connectivity index (χ2n) is 9.19. The Hall–Kier alpha value is -4.04. The molecule has 0 spiro atoms. The fraction of sp³-hybridized carbons (Fsp3) is 0.172. The SMILES string of the molecule is O=C(Nc1ccc(Br)cc1OC(F)(F)F)N[C@@](Cc1ccccc1)(c1cccc(OC(F)(F)C(F)F)c1)c1ccc(Cl)cn1. The summed E-state index contributed by atoms with van der Waals surface area (Å²) in [5.41, 5.74) is -1.36. The molecule has 0 aliphatic heterocycles. The average molecular weight is 707 g/mol. The summed E-state index contributed by atoms with van der Waals surface area (Å²) in [5, 5.41) is 5.23. The number of nitrogens with one attached hydrogen (secondary N) is 2. The first-order valence-electron chi connectivity index (χ1n) is 12.4. The van der Waals surface area contributed by atoms with Gasteiger partial charge in [0, 0.05) is 17.1 Å². The third-order valence-corrected chi connectivity index (χ3v) is 6.77. The number of pyridine rings is 1. The molecule has 3 aromatic carbocycles. The molecule has 15 heteroatoms. The minimum absolute atomic E-state index is 0.0523. The number of ether oxygens (including phenoxy) is 2. The van der Waals surface area contributed by atoms with Gasteiger partial charge in [0.2, 0.25) is 0 Å². The molecule has 2 amide bonds. The zero-order chi connectivity index (χ0) is 32.1. The van der Waals surface area contributed by atoms with E-state index in [1.807, 2.05) is 0 Å². The number of hydrogen-bond acceptors (Lipinski definition) is 4. The molecule has 0 aliphatic rings. The van der Waals surface area contributed by atoms with Crippen LogP contribution in [-0.4, -0.2) is 29.9 Å². The van der Waals surface area contributed by atoms with Gasteiger partial charge in [-0.15, -0.1) is 13.2 Å². The lowest BCUT2D eigenvalue weighted by Gasteiger charge is -2.36. The second kappa shape index (κ2) is 13.3. The number of benzene rings is 3. The van der Waals surface area contributed by atoms with Crippen LogP contribution in [0.25, 0.3) is 0 Å². The number of anilines is 1. The molecule has 0 saturated carbocycles. The highest BCUT2D eigenvalue weighted by Gasteiger charge is 2.45. The molecular weight excluding hydrogens is 687 g/mol. The number of halogens is 9. The van der Waals surface area contributed by atoms with Crippen LogP contribution in [0.4, 0.5) is 41.2 Å². The summed E-state index contributed by atoms with van der Waals surface area (Å²) in [4.78, 5) is 17.9. The van der Waals surface area contributed by atoms with Crippen molar-refractivity contribution in [3.8, 4) is 11.5 Å². The molecule has 1 atom stereocenters. The predicted molar refractivity (Wildman–Crippen MR) is 151 cm³/mol. The van der Waals surface area contributed by atoms with Crippen molar-refractivity contribution in [2.75, 3.05) is 5.32 Å². The van der Waals surface area contributed by atoms with E-state index >= 15 is 0 Å². The van der Waals surface area contributed by atoms with Gasteiger partial charge in [-0.2, -0.15) is 17.6 Å². The number of urea groups is 1. The fourth-order valence-electron chi connectivity index (χ4n) is 4.23. The summed E-state index contributed by atoms with van der Waals surface area (Å²) in [6.07, 6.45) is -12.9. The molecule has 232 valence electrons. The molecule has 2 N–H and O–H groups in total. The van der Waals surface area contributed by atoms with E-state index in [9.17, 15) is 35.5 Å². The normalized spacial score (nSPS) is 13.2. The summed E-state index contributed by atoms with van der Waals surface area (Å²) in [5.74, 6) is -1.39. The Labute approximate surface area is 259 Å². The zero-order valence-corrected chi connectivity index (χ0v) is 24.4. The van der Waals surface area contributed by atoms with E-state index in [0.29, 0.717) is 5.56 Å². The maximum absolute atomic E-state index is 13.8. The second-order valence-corrected chi connectivity index (χ2v) is 10.5. The third-order valence-electron chi connectivity index (χ3n) is 6.06. The van der Waals surface area contributed by atoms with Gasteiger partial charge in [-0.25, -0.2) is 4.79 Å². The molecule has 0 bridgehead atoms. The molecule has 0 aliphatic carbocycles. The summed E-state index contributed by atoms with van der Waals surface area (Å²) in [6.45, 7) is 0. The van der Waals surface area contributed by atoms with Crippen LogP contribution < -0.4 is 20.1 Å². The van der Waals surface area contributed by atoms with Gasteiger partial charge in [0.05, 0.1) is 16.4 Å². The number of rotatable bonds is 10. The predicted octanol–water partition coefficient (Wildman–Crippen LogP) is 8.94. The van der Waals surface area contributed by atoms with Crippen molar-refractivity contribution in [2.24, 2.45) is 0 Å². The van der Waals surface area contributed by atoms with Crippen LogP contribution in [0.15, 0.2) is 95.6 Å². The summed E-state index contributed by atoms with van der Waals surface area (Å²) in [6, 6.07) is 18.5. The minimum atomic E-state index is -5.08. The van der Waals surface area contributed by atoms with Crippen LogP contribution in [0.2, 0.25) is 5.02 Å². The monoisotopic (exact) mass is 705 g/mol. The largest absolute Gasteiger partial charge is 0.573 e. The Morgan fingerprint density at radius 3 is 2.27 bits per heavy atom. The van der Waals surface area contributed by atoms with Crippen molar-refractivity contribution in [1.29, 1.82) is 0 Å². The van der Waals surface area contributed by atoms with Crippen LogP contribution in [0.3, 0.4) is 0 Å². The highest BCUT2D eigenvalue weighted by molar-refractivity contribution is 9.10. The fourth-order valence-corrected chi connectivity index (χ4v) is 4.69. The van der Waals surface area contributed by atoms with Crippen molar-refractivity contribution in [3.63, 3.8) is 0 Å². The van der Waals surface area contributed by atoms with Gasteiger partial charge >= 0.3 is 24.9 Å². The quantitative estimate of drug-likeness (QED) is 0.162. The number of alkyl halides is 7. The first-order valence-corrected chi connectivity index (χ1v) is 13.6. The number of nitrogens with zero attached hydrogens (tertiary/aromatic N) is 1. The Morgan fingerprint density at radius 2 is 1.64 bits per heavy atom. The Kier molecular flexibility index (Phi) is 9.94. The Balaban J connectivity index is 1.84. The average Bonchev–Trinajstić information content (AvgIpc) is 2.94. The van der Waals surface area contributed by atoms with Gasteiger partial charge in [0.25, 0.3) is 0 Å². The molecule has 0 fully saturated rings. The van der Waals surface area contributed by atoms with Gasteiger partial charge in [0.1, 0.15) is 11.3 Å². The molecule has 44 heavy (non-hydrogen) atoms. The maximum atomic E-state index is 13.8. The number of carbonyl (C=O) groups excluding carboxylic acids is 1. The van der Waals surface area contributed by atoms with Crippen molar-refractivity contribution >= 4 is 39.2 Å². The summed E-state index contributed by atoms with van der Waals surface area (Å²) < 4.78 is 101. The molecular formula is C29H20BrClF7N3O3. The number of amides is 2. The lowest BCUT2D eigenvalue weighted by atomic mass is 9.80. The molecule has 4 rings (SSSR count). The van der Waals surface area contributed by atoms with Crippen LogP contribution in [0.1, 0.15) is 16.8 Å². The van der Waals surface area contributed by atoms with E-state index in [0.717, 1.165) is 24.3 Å². The van der Waals surface area contributed by atoms with E-state index in [4.69, 9.17) is 11.6 Å². The van der Waals surface area contributed by atoms with E-state index in [-0.39, 0.29) is 32.9 Å². The van der Waals surface area contributed by atoms with E-state index < -0.39 is 42.0 Å². The standard InChI is InChI=1S/C29H20BrClF7N3O3/c30-19-9-11-22(23(14-19)44-29(36,37)38)40-26(42)41-27(15-17-5-2-1-3-6-17,24-12-10-20(31)16-39-24)18-7-4-8-21(13-18)43-28(34,35)25(32)33/h1-14,16,25H,15H2,(H2,40,41,42)/t27-/m0/s1. The first kappa shape index (κ1) is 32.9. The third kappa shape index (κ3) is 8.32. The number of aromatic nitrogens is 1. The topological polar surface area (TPSA) is 72.5 Å². The molecule has 0 unspecified atom stereocenters. The Morgan fingerprint density at radius 1 is 0.909 bits per heavy atom. The van der Waals surface area contributed by atoms with Gasteiger partial charge in [-0.3, -0.25) is 4.98 Å². The van der Waals surface area contributed by atoms with Gasteiger partial charge < -0.3 is 20.1 Å². The van der Waals surface area contributed by atoms with Crippen molar-refractivity contribution in [3.05, 3.63) is 117 Å². The highest BCUT2D eigenvalue weighted by atomic mass is 79.9. The van der Waals surface area contributed by atoms with Gasteiger partial charge in [0.15, 0.2) is 5.75 Å². The zero-order valence-electron chi connectivity index (χ0n) is 22.0. The minimum Gasteiger partial charge on any atom is -0.428 e. The van der Waals surface area contributed by atoms with Gasteiger partial charge in [-0.1, -0.05) is 70.0 Å². The van der Waals surface area contributed by atoms with Crippen LogP contribution >= 0.6 is 27.5 Å². The maximum Gasteiger partial charge on any atom is 0.573 e. The lowest BCUT2D eigenvalue weighted by molar-refractivity contribution is -0.274. The molecule has 1 aromatic heterocycles. The molecule has 1 heterocycles. The number of hydrogen-bond donors (Lipinski definition) is 2. The first-order chi connectivity index (χ1) is 20.7. The van der Waals surface area contributed by atoms with Crippen LogP contribution in [0, 0.1) is 0 Å². The highest BCUT2D eigenvalue weighted by Crippen LogP contribution is 2.38. The molecule has 0 saturated heterocycles. The van der Waals surface area contributed by atoms with Crippen molar-refractivity contribution < 1.29 is 45.0 Å². The molecule has 6 nitrogen and oxygen atoms in total. The molecule has 4 aromatic rings. The van der Waals surface area contributed by atoms with Crippen molar-refractivity contribution in [1.82, 2.24) is 10.3 Å². The Bertz CT molecular complexity index is 1600. The van der Waals surface area contributed by atoms with Crippen molar-refractivity contribution in [2.45, 2.75) is 30.9 Å². The lowest BCUT2D eigenvalue weighted by Crippen LogP contribution is -2.50. The van der Waals surface area contributed by atoms with Crippen LogP contribution in [-0.2, 0) is 12.0 Å². The summed E-state index contributed by atoms with van der Waals surface area (Å²) >= 11 is 9.10. The van der Waals surface area contributed by atoms with Gasteiger partial charge in [-0.05, 0) is 53.6 Å². The summed E-state index contributed by atoms with van der Waals surface area (Å²) in [7, 11) is 0. The van der Waals surface area contributed by atoms with E-state index in [1.54, 1.807) is 30.3 Å². The van der Waals surface area contributed by atoms with E-state index in [2.05, 4.69) is 41.0 Å².